The number of esters is 1. The molecule has 0 saturated carbocycles. The fraction of sp³-hybridized carbons (Fsp3) is 0.167. The number of rotatable bonds is 6. The van der Waals surface area contributed by atoms with Gasteiger partial charge in [-0.05, 0) is 42.5 Å². The van der Waals surface area contributed by atoms with Gasteiger partial charge in [-0.25, -0.2) is 4.39 Å². The Labute approximate surface area is 156 Å². The van der Waals surface area contributed by atoms with Gasteiger partial charge in [0.25, 0.3) is 11.8 Å². The van der Waals surface area contributed by atoms with E-state index in [1.165, 1.54) is 12.1 Å². The third-order valence-electron chi connectivity index (χ3n) is 3.34. The Morgan fingerprint density at radius 1 is 1.00 bits per heavy atom. The van der Waals surface area contributed by atoms with Crippen LogP contribution < -0.4 is 10.6 Å². The molecule has 2 rings (SSSR count). The number of ether oxygens (including phenoxy) is 1. The van der Waals surface area contributed by atoms with E-state index < -0.39 is 48.5 Å². The van der Waals surface area contributed by atoms with Crippen LogP contribution in [0.2, 0.25) is 0 Å². The van der Waals surface area contributed by atoms with E-state index in [0.29, 0.717) is 0 Å². The standard InChI is InChI=1S/C18H14F4N2O4/c19-13-3-1-2-11(8-13)17(27)23-9-16(26)28-10-15(25)24-14-6-4-12(5-7-14)18(20,21)22/h1-8H,9-10H2,(H,23,27)(H,24,25). The molecule has 0 aromatic heterocycles. The second-order valence-electron chi connectivity index (χ2n) is 5.48. The summed E-state index contributed by atoms with van der Waals surface area (Å²) < 4.78 is 55.0. The highest BCUT2D eigenvalue weighted by Crippen LogP contribution is 2.29. The van der Waals surface area contributed by atoms with Crippen LogP contribution in [0.3, 0.4) is 0 Å². The maximum absolute atomic E-state index is 13.0. The summed E-state index contributed by atoms with van der Waals surface area (Å²) in [6, 6.07) is 8.52. The molecule has 2 aromatic rings. The Hall–Kier alpha value is -3.43. The summed E-state index contributed by atoms with van der Waals surface area (Å²) in [7, 11) is 0. The van der Waals surface area contributed by atoms with Gasteiger partial charge in [0.15, 0.2) is 6.61 Å². The molecule has 0 heterocycles. The van der Waals surface area contributed by atoms with Gasteiger partial charge in [0.1, 0.15) is 12.4 Å². The molecule has 0 aliphatic carbocycles. The van der Waals surface area contributed by atoms with E-state index in [1.54, 1.807) is 0 Å². The van der Waals surface area contributed by atoms with Gasteiger partial charge < -0.3 is 15.4 Å². The van der Waals surface area contributed by atoms with Crippen LogP contribution in [0.5, 0.6) is 0 Å². The summed E-state index contributed by atoms with van der Waals surface area (Å²) in [6.07, 6.45) is -4.49. The lowest BCUT2D eigenvalue weighted by Crippen LogP contribution is -2.32. The average Bonchev–Trinajstić information content (AvgIpc) is 2.64. The molecule has 28 heavy (non-hydrogen) atoms. The molecule has 0 spiro atoms. The first-order valence-corrected chi connectivity index (χ1v) is 7.81. The van der Waals surface area contributed by atoms with Gasteiger partial charge in [-0.2, -0.15) is 13.2 Å². The van der Waals surface area contributed by atoms with E-state index in [2.05, 4.69) is 15.4 Å². The summed E-state index contributed by atoms with van der Waals surface area (Å²) in [4.78, 5) is 34.9. The summed E-state index contributed by atoms with van der Waals surface area (Å²) in [5.41, 5.74) is -0.771. The van der Waals surface area contributed by atoms with Crippen molar-refractivity contribution in [1.82, 2.24) is 5.32 Å². The number of anilines is 1. The van der Waals surface area contributed by atoms with Crippen molar-refractivity contribution in [3.05, 3.63) is 65.5 Å². The molecular formula is C18H14F4N2O4. The molecule has 148 valence electrons. The molecule has 0 atom stereocenters. The minimum Gasteiger partial charge on any atom is -0.454 e. The zero-order chi connectivity index (χ0) is 20.7. The molecule has 2 N–H and O–H groups in total. The van der Waals surface area contributed by atoms with Crippen molar-refractivity contribution in [1.29, 1.82) is 0 Å². The number of hydrogen-bond donors (Lipinski definition) is 2. The quantitative estimate of drug-likeness (QED) is 0.579. The minimum absolute atomic E-state index is 0.00727. The first kappa shape index (κ1) is 20.9. The Bertz CT molecular complexity index is 867. The number of hydrogen-bond acceptors (Lipinski definition) is 4. The van der Waals surface area contributed by atoms with Crippen molar-refractivity contribution in [3.8, 4) is 0 Å². The van der Waals surface area contributed by atoms with Gasteiger partial charge in [-0.3, -0.25) is 14.4 Å². The van der Waals surface area contributed by atoms with Crippen molar-refractivity contribution in [3.63, 3.8) is 0 Å². The largest absolute Gasteiger partial charge is 0.454 e. The number of nitrogens with one attached hydrogen (secondary N) is 2. The highest BCUT2D eigenvalue weighted by atomic mass is 19.4. The van der Waals surface area contributed by atoms with Gasteiger partial charge >= 0.3 is 12.1 Å². The molecule has 2 amide bonds. The molecule has 0 bridgehead atoms. The Morgan fingerprint density at radius 3 is 2.29 bits per heavy atom. The van der Waals surface area contributed by atoms with Gasteiger partial charge in [0.2, 0.25) is 0 Å². The number of amides is 2. The highest BCUT2D eigenvalue weighted by molar-refractivity contribution is 5.96. The second-order valence-corrected chi connectivity index (χ2v) is 5.48. The minimum atomic E-state index is -4.49. The van der Waals surface area contributed by atoms with E-state index in [0.717, 1.165) is 36.4 Å². The zero-order valence-electron chi connectivity index (χ0n) is 14.2. The van der Waals surface area contributed by atoms with Crippen molar-refractivity contribution in [2.24, 2.45) is 0 Å². The lowest BCUT2D eigenvalue weighted by Gasteiger charge is -2.09. The summed E-state index contributed by atoms with van der Waals surface area (Å²) in [5, 5.41) is 4.46. The van der Waals surface area contributed by atoms with Crippen LogP contribution >= 0.6 is 0 Å². The van der Waals surface area contributed by atoms with Crippen LogP contribution in [0.1, 0.15) is 15.9 Å². The Morgan fingerprint density at radius 2 is 1.68 bits per heavy atom. The molecule has 10 heteroatoms. The monoisotopic (exact) mass is 398 g/mol. The summed E-state index contributed by atoms with van der Waals surface area (Å²) in [5.74, 6) is -3.02. The smallest absolute Gasteiger partial charge is 0.416 e. The van der Waals surface area contributed by atoms with E-state index in [4.69, 9.17) is 0 Å². The summed E-state index contributed by atoms with van der Waals surface area (Å²) in [6.45, 7) is -1.25. The molecule has 6 nitrogen and oxygen atoms in total. The number of carbonyl (C=O) groups excluding carboxylic acids is 3. The predicted molar refractivity (Wildman–Crippen MR) is 89.8 cm³/mol. The molecule has 0 radical (unpaired) electrons. The van der Waals surface area contributed by atoms with Crippen LogP contribution in [0.4, 0.5) is 23.2 Å². The molecule has 0 aliphatic rings. The van der Waals surface area contributed by atoms with Crippen molar-refractivity contribution in [2.45, 2.75) is 6.18 Å². The van der Waals surface area contributed by atoms with Crippen molar-refractivity contribution >= 4 is 23.5 Å². The SMILES string of the molecule is O=C(COC(=O)CNC(=O)c1cccc(F)c1)Nc1ccc(C(F)(F)F)cc1. The topological polar surface area (TPSA) is 84.5 Å². The van der Waals surface area contributed by atoms with Gasteiger partial charge in [0, 0.05) is 11.3 Å². The maximum Gasteiger partial charge on any atom is 0.416 e. The van der Waals surface area contributed by atoms with Crippen LogP contribution in [-0.4, -0.2) is 30.9 Å². The highest BCUT2D eigenvalue weighted by Gasteiger charge is 2.30. The first-order chi connectivity index (χ1) is 13.1. The first-order valence-electron chi connectivity index (χ1n) is 7.81. The van der Waals surface area contributed by atoms with Crippen molar-refractivity contribution < 1.29 is 36.7 Å². The Kier molecular flexibility index (Phi) is 6.69. The molecule has 0 aliphatic heterocycles. The van der Waals surface area contributed by atoms with Gasteiger partial charge in [-0.1, -0.05) is 6.07 Å². The van der Waals surface area contributed by atoms with E-state index in [1.807, 2.05) is 0 Å². The number of carbonyl (C=O) groups is 3. The number of alkyl halides is 3. The van der Waals surface area contributed by atoms with Crippen molar-refractivity contribution in [2.75, 3.05) is 18.5 Å². The number of halogens is 4. The van der Waals surface area contributed by atoms with E-state index in [-0.39, 0.29) is 11.3 Å². The second kappa shape index (κ2) is 8.98. The number of benzene rings is 2. The molecule has 2 aromatic carbocycles. The van der Waals surface area contributed by atoms with Crippen LogP contribution in [0, 0.1) is 5.82 Å². The third-order valence-corrected chi connectivity index (χ3v) is 3.34. The Balaban J connectivity index is 1.75. The molecule has 0 unspecified atom stereocenters. The molecule has 0 fully saturated rings. The predicted octanol–water partition coefficient (Wildman–Crippen LogP) is 2.76. The van der Waals surface area contributed by atoms with E-state index in [9.17, 15) is 31.9 Å². The molecule has 0 saturated heterocycles. The average molecular weight is 398 g/mol. The van der Waals surface area contributed by atoms with Gasteiger partial charge in [-0.15, -0.1) is 0 Å². The normalized spacial score (nSPS) is 10.9. The van der Waals surface area contributed by atoms with Crippen LogP contribution in [0.25, 0.3) is 0 Å². The fourth-order valence-electron chi connectivity index (χ4n) is 2.02. The molecular weight excluding hydrogens is 384 g/mol. The van der Waals surface area contributed by atoms with Crippen LogP contribution in [-0.2, 0) is 20.5 Å². The zero-order valence-corrected chi connectivity index (χ0v) is 14.2. The van der Waals surface area contributed by atoms with E-state index >= 15 is 0 Å². The maximum atomic E-state index is 13.0. The fourth-order valence-corrected chi connectivity index (χ4v) is 2.02. The van der Waals surface area contributed by atoms with Gasteiger partial charge in [0.05, 0.1) is 5.56 Å². The lowest BCUT2D eigenvalue weighted by atomic mass is 10.2. The third kappa shape index (κ3) is 6.38. The summed E-state index contributed by atoms with van der Waals surface area (Å²) >= 11 is 0. The lowest BCUT2D eigenvalue weighted by molar-refractivity contribution is -0.146. The van der Waals surface area contributed by atoms with Crippen LogP contribution in [0.15, 0.2) is 48.5 Å².